The molecule has 1 aromatic heterocycles. The molecule has 0 radical (unpaired) electrons. The molecule has 6 nitrogen and oxygen atoms in total. The third-order valence-corrected chi connectivity index (χ3v) is 6.69. The Bertz CT molecular complexity index is 1020. The average molecular weight is 430 g/mol. The lowest BCUT2D eigenvalue weighted by Gasteiger charge is -2.19. The monoisotopic (exact) mass is 429 g/mol. The van der Waals surface area contributed by atoms with Crippen molar-refractivity contribution >= 4 is 21.6 Å². The largest absolute Gasteiger partial charge is 0.322 e. The zero-order chi connectivity index (χ0) is 21.7. The number of carbonyl (C=O) groups excluding carboxylic acids is 1. The van der Waals surface area contributed by atoms with Gasteiger partial charge in [0.15, 0.2) is 0 Å². The van der Waals surface area contributed by atoms with Crippen LogP contribution in [0.15, 0.2) is 35.2 Å². The van der Waals surface area contributed by atoms with E-state index in [-0.39, 0.29) is 16.7 Å². The van der Waals surface area contributed by atoms with E-state index >= 15 is 0 Å². The molecule has 1 amide bonds. The number of aromatic nitrogens is 1. The van der Waals surface area contributed by atoms with E-state index in [1.807, 2.05) is 6.07 Å². The van der Waals surface area contributed by atoms with Gasteiger partial charge < -0.3 is 5.32 Å². The smallest absolute Gasteiger partial charge is 0.257 e. The van der Waals surface area contributed by atoms with Gasteiger partial charge in [-0.2, -0.15) is 0 Å². The Morgan fingerprint density at radius 2 is 2.00 bits per heavy atom. The molecule has 7 heteroatoms. The maximum absolute atomic E-state index is 13.2. The number of hydrogen-bond donors (Lipinski definition) is 2. The van der Waals surface area contributed by atoms with Crippen molar-refractivity contribution in [2.24, 2.45) is 5.14 Å². The van der Waals surface area contributed by atoms with E-state index in [1.165, 1.54) is 18.6 Å². The number of carbonyl (C=O) groups is 1. The summed E-state index contributed by atoms with van der Waals surface area (Å²) < 4.78 is 23.3. The van der Waals surface area contributed by atoms with Gasteiger partial charge in [0, 0.05) is 17.3 Å². The van der Waals surface area contributed by atoms with Crippen molar-refractivity contribution in [2.75, 3.05) is 5.32 Å². The summed E-state index contributed by atoms with van der Waals surface area (Å²) in [4.78, 5) is 18.1. The Morgan fingerprint density at radius 3 is 2.70 bits per heavy atom. The normalized spacial score (nSPS) is 14.4. The molecule has 0 saturated carbocycles. The summed E-state index contributed by atoms with van der Waals surface area (Å²) in [5, 5.41) is 8.07. The highest BCUT2D eigenvalue weighted by atomic mass is 32.2. The van der Waals surface area contributed by atoms with Gasteiger partial charge in [-0.3, -0.25) is 9.78 Å². The molecule has 162 valence electrons. The highest BCUT2D eigenvalue weighted by Crippen LogP contribution is 2.32. The van der Waals surface area contributed by atoms with Crippen molar-refractivity contribution < 1.29 is 13.2 Å². The van der Waals surface area contributed by atoms with Crippen molar-refractivity contribution in [1.82, 2.24) is 4.98 Å². The summed E-state index contributed by atoms with van der Waals surface area (Å²) in [6.45, 7) is 4.33. The van der Waals surface area contributed by atoms with Crippen LogP contribution in [0.5, 0.6) is 0 Å². The summed E-state index contributed by atoms with van der Waals surface area (Å²) in [6.07, 6.45) is 8.35. The van der Waals surface area contributed by atoms with Gasteiger partial charge in [-0.15, -0.1) is 0 Å². The first-order valence-corrected chi connectivity index (χ1v) is 12.3. The van der Waals surface area contributed by atoms with Gasteiger partial charge in [0.2, 0.25) is 10.0 Å². The van der Waals surface area contributed by atoms with Crippen LogP contribution in [0.3, 0.4) is 0 Å². The fourth-order valence-electron chi connectivity index (χ4n) is 4.11. The Kier molecular flexibility index (Phi) is 7.26. The number of amides is 1. The highest BCUT2D eigenvalue weighted by molar-refractivity contribution is 7.89. The minimum Gasteiger partial charge on any atom is -0.322 e. The predicted molar refractivity (Wildman–Crippen MR) is 119 cm³/mol. The molecular formula is C23H31N3O3S. The molecule has 1 heterocycles. The van der Waals surface area contributed by atoms with Crippen molar-refractivity contribution in [3.8, 4) is 0 Å². The van der Waals surface area contributed by atoms with E-state index < -0.39 is 10.0 Å². The minimum absolute atomic E-state index is 0.0291. The second-order valence-corrected chi connectivity index (χ2v) is 9.57. The Morgan fingerprint density at radius 1 is 1.20 bits per heavy atom. The summed E-state index contributed by atoms with van der Waals surface area (Å²) in [6, 6.07) is 8.01. The lowest BCUT2D eigenvalue weighted by atomic mass is 9.90. The van der Waals surface area contributed by atoms with Crippen LogP contribution in [-0.2, 0) is 22.9 Å². The van der Waals surface area contributed by atoms with Crippen LogP contribution in [0.4, 0.5) is 5.69 Å². The summed E-state index contributed by atoms with van der Waals surface area (Å²) >= 11 is 0. The van der Waals surface area contributed by atoms with Crippen molar-refractivity contribution in [1.29, 1.82) is 0 Å². The van der Waals surface area contributed by atoms with Crippen LogP contribution < -0.4 is 10.5 Å². The quantitative estimate of drug-likeness (QED) is 0.571. The summed E-state index contributed by atoms with van der Waals surface area (Å²) in [5.41, 5.74) is 4.13. The SMILES string of the molecule is CCCCCC(CC)c1nc2c(cc1C(=O)Nc1cccc(S(N)(=O)=O)c1)CCC2. The Labute approximate surface area is 179 Å². The fraction of sp³-hybridized carbons (Fsp3) is 0.478. The van der Waals surface area contributed by atoms with Gasteiger partial charge >= 0.3 is 0 Å². The fourth-order valence-corrected chi connectivity index (χ4v) is 4.66. The van der Waals surface area contributed by atoms with E-state index in [4.69, 9.17) is 10.1 Å². The second-order valence-electron chi connectivity index (χ2n) is 8.01. The standard InChI is InChI=1S/C23H31N3O3S/c1-3-5-6-9-16(4-2)22-20(14-17-10-7-13-21(17)26-22)23(27)25-18-11-8-12-19(15-18)30(24,28)29/h8,11-12,14-16H,3-7,9-10,13H2,1-2H3,(H,25,27)(H2,24,28,29). The van der Waals surface area contributed by atoms with Crippen LogP contribution in [0.25, 0.3) is 0 Å². The number of rotatable bonds is 9. The summed E-state index contributed by atoms with van der Waals surface area (Å²) in [7, 11) is -3.84. The number of hydrogen-bond acceptors (Lipinski definition) is 4. The van der Waals surface area contributed by atoms with Crippen molar-refractivity contribution in [3.05, 3.63) is 52.8 Å². The van der Waals surface area contributed by atoms with Crippen LogP contribution in [0, 0.1) is 0 Å². The van der Waals surface area contributed by atoms with Gasteiger partial charge in [-0.1, -0.05) is 39.2 Å². The molecule has 1 aromatic carbocycles. The number of benzene rings is 1. The molecule has 1 aliphatic carbocycles. The van der Waals surface area contributed by atoms with E-state index in [0.717, 1.165) is 61.9 Å². The van der Waals surface area contributed by atoms with Gasteiger partial charge in [0.05, 0.1) is 16.2 Å². The molecule has 0 saturated heterocycles. The molecule has 1 atom stereocenters. The molecule has 1 aliphatic rings. The van der Waals surface area contributed by atoms with Gasteiger partial charge in [-0.05, 0) is 61.9 Å². The first kappa shape index (κ1) is 22.4. The third kappa shape index (κ3) is 5.26. The van der Waals surface area contributed by atoms with Crippen LogP contribution >= 0.6 is 0 Å². The topological polar surface area (TPSA) is 102 Å². The number of nitrogens with two attached hydrogens (primary N) is 1. The first-order valence-electron chi connectivity index (χ1n) is 10.8. The van der Waals surface area contributed by atoms with Crippen LogP contribution in [-0.4, -0.2) is 19.3 Å². The first-order chi connectivity index (χ1) is 14.3. The average Bonchev–Trinajstić information content (AvgIpc) is 3.17. The molecule has 0 bridgehead atoms. The molecule has 30 heavy (non-hydrogen) atoms. The highest BCUT2D eigenvalue weighted by Gasteiger charge is 2.24. The van der Waals surface area contributed by atoms with E-state index in [2.05, 4.69) is 19.2 Å². The van der Waals surface area contributed by atoms with Gasteiger partial charge in [0.25, 0.3) is 5.91 Å². The Balaban J connectivity index is 1.93. The minimum atomic E-state index is -3.84. The lowest BCUT2D eigenvalue weighted by Crippen LogP contribution is -2.19. The van der Waals surface area contributed by atoms with Crippen LogP contribution in [0.2, 0.25) is 0 Å². The number of aryl methyl sites for hydroxylation is 2. The number of unbranched alkanes of at least 4 members (excludes halogenated alkanes) is 2. The number of primary sulfonamides is 1. The molecule has 3 N–H and O–H groups in total. The lowest BCUT2D eigenvalue weighted by molar-refractivity contribution is 0.102. The molecule has 0 spiro atoms. The third-order valence-electron chi connectivity index (χ3n) is 5.78. The van der Waals surface area contributed by atoms with Gasteiger partial charge in [-0.25, -0.2) is 13.6 Å². The molecule has 3 rings (SSSR count). The summed E-state index contributed by atoms with van der Waals surface area (Å²) in [5.74, 6) is -0.0216. The number of nitrogens with zero attached hydrogens (tertiary/aromatic N) is 1. The van der Waals surface area contributed by atoms with Crippen LogP contribution in [0.1, 0.15) is 85.6 Å². The molecule has 0 fully saturated rings. The van der Waals surface area contributed by atoms with E-state index in [9.17, 15) is 13.2 Å². The molecule has 2 aromatic rings. The zero-order valence-corrected chi connectivity index (χ0v) is 18.6. The van der Waals surface area contributed by atoms with Crippen molar-refractivity contribution in [2.45, 2.75) is 76.0 Å². The number of nitrogens with one attached hydrogen (secondary N) is 1. The van der Waals surface area contributed by atoms with Gasteiger partial charge in [0.1, 0.15) is 0 Å². The predicted octanol–water partition coefficient (Wildman–Crippen LogP) is 4.54. The van der Waals surface area contributed by atoms with E-state index in [0.29, 0.717) is 11.3 Å². The van der Waals surface area contributed by atoms with Crippen molar-refractivity contribution in [3.63, 3.8) is 0 Å². The number of sulfonamides is 1. The number of anilines is 1. The Hall–Kier alpha value is -2.25. The molecule has 0 aliphatic heterocycles. The second kappa shape index (κ2) is 9.71. The maximum Gasteiger partial charge on any atom is 0.257 e. The molecular weight excluding hydrogens is 398 g/mol. The number of pyridine rings is 1. The maximum atomic E-state index is 13.2. The van der Waals surface area contributed by atoms with E-state index in [1.54, 1.807) is 12.1 Å². The molecule has 1 unspecified atom stereocenters. The zero-order valence-electron chi connectivity index (χ0n) is 17.8. The number of fused-ring (bicyclic) bond motifs is 1.